The van der Waals surface area contributed by atoms with Crippen LogP contribution in [0.1, 0.15) is 47.8 Å². The Balaban J connectivity index is 0.000000140. The van der Waals surface area contributed by atoms with Crippen molar-refractivity contribution < 1.29 is 33.2 Å². The number of rotatable bonds is 15. The van der Waals surface area contributed by atoms with Crippen LogP contribution in [0.25, 0.3) is 32.7 Å². The summed E-state index contributed by atoms with van der Waals surface area (Å²) in [6, 6.07) is 53.2. The molecule has 6 heterocycles. The van der Waals surface area contributed by atoms with Crippen LogP contribution < -0.4 is 16.0 Å². The van der Waals surface area contributed by atoms with Gasteiger partial charge in [0.05, 0.1) is 16.7 Å². The Morgan fingerprint density at radius 3 is 1.24 bits per heavy atom. The summed E-state index contributed by atoms with van der Waals surface area (Å²) in [5, 5.41) is 11.2. The lowest BCUT2D eigenvalue weighted by Gasteiger charge is -2.07. The lowest BCUT2D eigenvalue weighted by molar-refractivity contribution is -0.113. The van der Waals surface area contributed by atoms with Gasteiger partial charge in [0.1, 0.15) is 5.82 Å². The number of ketones is 3. The van der Waals surface area contributed by atoms with Gasteiger partial charge in [-0.05, 0) is 108 Å². The zero-order valence-corrected chi connectivity index (χ0v) is 45.9. The molecular weight excluding hydrogens is 1100 g/mol. The van der Waals surface area contributed by atoms with E-state index in [0.717, 1.165) is 44.0 Å². The molecule has 84 heavy (non-hydrogen) atoms. The molecule has 0 fully saturated rings. The topological polar surface area (TPSA) is 192 Å². The first kappa shape index (κ1) is 56.6. The molecule has 414 valence electrons. The van der Waals surface area contributed by atoms with Crippen LogP contribution in [-0.2, 0) is 34.0 Å². The lowest BCUT2D eigenvalue weighted by atomic mass is 10.1. The minimum absolute atomic E-state index is 0.319. The number of anilines is 3. The molecule has 0 unspecified atom stereocenters. The van der Waals surface area contributed by atoms with Crippen molar-refractivity contribution in [3.05, 3.63) is 287 Å². The van der Waals surface area contributed by atoms with Crippen LogP contribution in [0.15, 0.2) is 238 Å². The van der Waals surface area contributed by atoms with E-state index in [2.05, 4.69) is 30.9 Å². The molecule has 0 radical (unpaired) electrons. The van der Waals surface area contributed by atoms with Crippen LogP contribution in [-0.4, -0.2) is 63.7 Å². The largest absolute Gasteiger partial charge is 0.342 e. The Hall–Kier alpha value is -10.7. The second kappa shape index (κ2) is 26.3. The van der Waals surface area contributed by atoms with E-state index in [9.17, 15) is 33.2 Å². The molecule has 12 aromatic rings. The van der Waals surface area contributed by atoms with Crippen LogP contribution in [0.2, 0.25) is 10.0 Å². The molecular formula is C66H48Cl2FN9O6. The van der Waals surface area contributed by atoms with Crippen molar-refractivity contribution in [2.24, 2.45) is 0 Å². The van der Waals surface area contributed by atoms with Gasteiger partial charge in [0.2, 0.25) is 0 Å². The van der Waals surface area contributed by atoms with Gasteiger partial charge >= 0.3 is 0 Å². The third-order valence-electron chi connectivity index (χ3n) is 13.3. The number of nitrogens with one attached hydrogen (secondary N) is 3. The fourth-order valence-electron chi connectivity index (χ4n) is 9.29. The number of pyridine rings is 3. The molecule has 3 amide bonds. The molecule has 18 heteroatoms. The maximum Gasteiger partial charge on any atom is 0.296 e. The number of carbonyl (C=O) groups is 6. The molecule has 12 rings (SSSR count). The lowest BCUT2D eigenvalue weighted by Crippen LogP contribution is -2.22. The molecule has 0 saturated heterocycles. The van der Waals surface area contributed by atoms with Crippen molar-refractivity contribution in [1.82, 2.24) is 28.7 Å². The number of hydrogen-bond acceptors (Lipinski definition) is 9. The number of hydrogen-bond donors (Lipinski definition) is 3. The van der Waals surface area contributed by atoms with Crippen molar-refractivity contribution >= 4 is 108 Å². The monoisotopic (exact) mass is 1150 g/mol. The molecule has 3 N–H and O–H groups in total. The number of nitrogens with zero attached hydrogens (tertiary/aromatic N) is 6. The predicted molar refractivity (Wildman–Crippen MR) is 324 cm³/mol. The van der Waals surface area contributed by atoms with Crippen molar-refractivity contribution in [2.45, 2.75) is 19.6 Å². The van der Waals surface area contributed by atoms with Gasteiger partial charge in [-0.25, -0.2) is 4.39 Å². The quantitative estimate of drug-likeness (QED) is 0.0662. The smallest absolute Gasteiger partial charge is 0.296 e. The van der Waals surface area contributed by atoms with E-state index >= 15 is 0 Å². The number of aromatic nitrogens is 6. The van der Waals surface area contributed by atoms with Crippen LogP contribution in [0, 0.1) is 5.82 Å². The van der Waals surface area contributed by atoms with E-state index in [-0.39, 0.29) is 0 Å². The number of benzene rings is 6. The molecule has 0 aliphatic rings. The van der Waals surface area contributed by atoms with Gasteiger partial charge in [-0.1, -0.05) is 114 Å². The van der Waals surface area contributed by atoms with Gasteiger partial charge in [-0.3, -0.25) is 43.7 Å². The number of Topliss-reactive ketones (excluding diaryl/α,β-unsaturated/α-hetero) is 3. The Bertz CT molecular complexity index is 4360. The molecule has 0 aliphatic carbocycles. The molecule has 6 aromatic carbocycles. The zero-order valence-electron chi connectivity index (χ0n) is 44.4. The van der Waals surface area contributed by atoms with Gasteiger partial charge in [-0.15, -0.1) is 0 Å². The van der Waals surface area contributed by atoms with Crippen LogP contribution in [0.5, 0.6) is 0 Å². The average molecular weight is 1150 g/mol. The summed E-state index contributed by atoms with van der Waals surface area (Å²) >= 11 is 12.2. The summed E-state index contributed by atoms with van der Waals surface area (Å²) < 4.78 is 18.8. The van der Waals surface area contributed by atoms with E-state index in [0.29, 0.717) is 68.8 Å². The Labute approximate surface area is 490 Å². The first-order chi connectivity index (χ1) is 40.9. The normalized spacial score (nSPS) is 10.8. The minimum atomic E-state index is -0.768. The van der Waals surface area contributed by atoms with Gasteiger partial charge in [0.15, 0.2) is 0 Å². The van der Waals surface area contributed by atoms with E-state index < -0.39 is 40.9 Å². The van der Waals surface area contributed by atoms with E-state index in [1.165, 1.54) is 24.3 Å². The van der Waals surface area contributed by atoms with E-state index in [1.807, 2.05) is 147 Å². The SMILES string of the molecule is O=C(Nc1ccc(F)cc1)C(=O)c1cn(Cc2cccnc2)c2ccccc12.O=C(Nc1ccncc1)C(=O)c1cn(Cc2ccc(Cl)cc2)c2ccccc12.O=C(Nc1ccncc1)C(=O)c1cn(Cc2ccccc2Cl)c2ccccc12. The Kier molecular flexibility index (Phi) is 17.7. The molecule has 0 bridgehead atoms. The highest BCUT2D eigenvalue weighted by Gasteiger charge is 2.25. The van der Waals surface area contributed by atoms with Gasteiger partial charge in [-0.2, -0.15) is 0 Å². The second-order valence-corrected chi connectivity index (χ2v) is 19.8. The second-order valence-electron chi connectivity index (χ2n) is 19.0. The highest BCUT2D eigenvalue weighted by molar-refractivity contribution is 6.49. The highest BCUT2D eigenvalue weighted by Crippen LogP contribution is 2.28. The maximum absolute atomic E-state index is 13.0. The van der Waals surface area contributed by atoms with E-state index in [1.54, 1.807) is 80.0 Å². The number of amides is 3. The van der Waals surface area contributed by atoms with Crippen LogP contribution in [0.4, 0.5) is 21.5 Å². The van der Waals surface area contributed by atoms with Gasteiger partial charge in [0, 0.05) is 135 Å². The van der Waals surface area contributed by atoms with E-state index in [4.69, 9.17) is 23.2 Å². The summed E-state index contributed by atoms with van der Waals surface area (Å²) in [5.41, 5.74) is 8.02. The minimum Gasteiger partial charge on any atom is -0.342 e. The van der Waals surface area contributed by atoms with Crippen LogP contribution >= 0.6 is 23.2 Å². The highest BCUT2D eigenvalue weighted by atomic mass is 35.5. The maximum atomic E-state index is 13.0. The summed E-state index contributed by atoms with van der Waals surface area (Å²) in [4.78, 5) is 87.7. The molecule has 0 saturated carbocycles. The van der Waals surface area contributed by atoms with Crippen LogP contribution in [0.3, 0.4) is 0 Å². The summed E-state index contributed by atoms with van der Waals surface area (Å²) in [6.07, 6.45) is 14.8. The summed E-state index contributed by atoms with van der Waals surface area (Å²) in [6.45, 7) is 1.59. The number of halogens is 3. The van der Waals surface area contributed by atoms with Crippen molar-refractivity contribution in [1.29, 1.82) is 0 Å². The predicted octanol–water partition coefficient (Wildman–Crippen LogP) is 13.2. The number of carbonyl (C=O) groups excluding carboxylic acids is 6. The molecule has 0 aliphatic heterocycles. The van der Waals surface area contributed by atoms with Crippen molar-refractivity contribution in [3.8, 4) is 0 Å². The standard InChI is InChI=1S/2C22H16ClN3O2.C22H16FN3O2/c23-19-7-3-1-5-15(19)13-26-14-18(17-6-2-4-8-20(17)26)21(27)22(28)25-16-9-11-24-12-10-16;23-16-7-5-15(6-8-16)13-26-14-19(18-3-1-2-4-20(18)26)21(27)22(28)25-17-9-11-24-12-10-17;23-16-7-9-17(10-8-16)25-22(28)21(27)19-14-26(13-15-4-3-11-24-12-15)20-6-2-1-5-18(19)20/h2*1-12,14H,13H2,(H,24,25,28);1-12,14H,13H2,(H,25,28). The molecule has 15 nitrogen and oxygen atoms in total. The van der Waals surface area contributed by atoms with Gasteiger partial charge < -0.3 is 29.7 Å². The van der Waals surface area contributed by atoms with Crippen molar-refractivity contribution in [2.75, 3.05) is 16.0 Å². The first-order valence-corrected chi connectivity index (χ1v) is 26.9. The third-order valence-corrected chi connectivity index (χ3v) is 14.0. The number of para-hydroxylation sites is 3. The Morgan fingerprint density at radius 1 is 0.393 bits per heavy atom. The average Bonchev–Trinajstić information content (AvgIpc) is 4.28. The summed E-state index contributed by atoms with van der Waals surface area (Å²) in [5.74, 6) is -4.37. The molecule has 0 spiro atoms. The third kappa shape index (κ3) is 13.6. The van der Waals surface area contributed by atoms with Crippen molar-refractivity contribution in [3.63, 3.8) is 0 Å². The van der Waals surface area contributed by atoms with Gasteiger partial charge in [0.25, 0.3) is 35.1 Å². The summed E-state index contributed by atoms with van der Waals surface area (Å²) in [7, 11) is 0. The fraction of sp³-hybridized carbons (Fsp3) is 0.0455. The first-order valence-electron chi connectivity index (χ1n) is 26.1. The number of fused-ring (bicyclic) bond motifs is 3. The Morgan fingerprint density at radius 2 is 0.798 bits per heavy atom. The molecule has 6 aromatic heterocycles. The molecule has 0 atom stereocenters. The fourth-order valence-corrected chi connectivity index (χ4v) is 9.62. The zero-order chi connectivity index (χ0) is 58.5.